The largest absolute Gasteiger partial charge is 0.248 e. The summed E-state index contributed by atoms with van der Waals surface area (Å²) >= 11 is 3.38. The molecule has 0 saturated carbocycles. The molecule has 1 aromatic carbocycles. The maximum Gasteiger partial charge on any atom is 0.0932 e. The highest BCUT2D eigenvalue weighted by molar-refractivity contribution is 9.08. The molecule has 4 heteroatoms. The van der Waals surface area contributed by atoms with Gasteiger partial charge in [-0.3, -0.25) is 0 Å². The van der Waals surface area contributed by atoms with Crippen molar-refractivity contribution in [1.29, 1.82) is 0 Å². The minimum absolute atomic E-state index is 0.749. The van der Waals surface area contributed by atoms with Crippen molar-refractivity contribution in [3.8, 4) is 0 Å². The van der Waals surface area contributed by atoms with Crippen molar-refractivity contribution in [1.82, 2.24) is 15.0 Å². The highest BCUT2D eigenvalue weighted by Gasteiger charge is 2.06. The van der Waals surface area contributed by atoms with Crippen molar-refractivity contribution in [3.63, 3.8) is 0 Å². The zero-order valence-electron chi connectivity index (χ0n) is 10.4. The summed E-state index contributed by atoms with van der Waals surface area (Å²) in [7, 11) is 0. The number of aromatic nitrogens is 3. The molecule has 0 aliphatic carbocycles. The lowest BCUT2D eigenvalue weighted by molar-refractivity contribution is 0.645. The Morgan fingerprint density at radius 2 is 1.82 bits per heavy atom. The summed E-state index contributed by atoms with van der Waals surface area (Å²) in [6, 6.07) is 4.43. The molecule has 3 nitrogen and oxygen atoms in total. The molecule has 0 amide bonds. The predicted molar refractivity (Wildman–Crippen MR) is 72.4 cm³/mol. The van der Waals surface area contributed by atoms with Crippen LogP contribution in [0.3, 0.4) is 0 Å². The molecule has 0 fully saturated rings. The Morgan fingerprint density at radius 3 is 2.35 bits per heavy atom. The lowest BCUT2D eigenvalue weighted by Gasteiger charge is -2.10. The van der Waals surface area contributed by atoms with Gasteiger partial charge >= 0.3 is 0 Å². The van der Waals surface area contributed by atoms with Gasteiger partial charge in [0.05, 0.1) is 12.2 Å². The van der Waals surface area contributed by atoms with E-state index < -0.39 is 0 Å². The van der Waals surface area contributed by atoms with Gasteiger partial charge in [-0.2, -0.15) is 0 Å². The monoisotopic (exact) mass is 293 g/mol. The third kappa shape index (κ3) is 2.75. The number of rotatable bonds is 3. The van der Waals surface area contributed by atoms with Gasteiger partial charge in [-0.1, -0.05) is 38.8 Å². The summed E-state index contributed by atoms with van der Waals surface area (Å²) in [5.74, 6) is 0. The molecule has 2 rings (SSSR count). The molecule has 0 bridgehead atoms. The molecule has 0 aliphatic heterocycles. The van der Waals surface area contributed by atoms with Crippen LogP contribution in [0, 0.1) is 20.8 Å². The topological polar surface area (TPSA) is 30.7 Å². The number of halogens is 1. The molecule has 90 valence electrons. The summed E-state index contributed by atoms with van der Waals surface area (Å²) < 4.78 is 1.89. The van der Waals surface area contributed by atoms with Crippen LogP contribution in [0.4, 0.5) is 0 Å². The fraction of sp³-hybridized carbons (Fsp3) is 0.385. The minimum atomic E-state index is 0.749. The van der Waals surface area contributed by atoms with Gasteiger partial charge in [0.2, 0.25) is 0 Å². The van der Waals surface area contributed by atoms with E-state index in [4.69, 9.17) is 0 Å². The van der Waals surface area contributed by atoms with E-state index in [-0.39, 0.29) is 0 Å². The Morgan fingerprint density at radius 1 is 1.18 bits per heavy atom. The van der Waals surface area contributed by atoms with E-state index in [0.29, 0.717) is 0 Å². The second-order valence-corrected chi connectivity index (χ2v) is 4.98. The number of hydrogen-bond donors (Lipinski definition) is 0. The lowest BCUT2D eigenvalue weighted by Crippen LogP contribution is -2.04. The number of nitrogens with zero attached hydrogens (tertiary/aromatic N) is 3. The molecule has 0 atom stereocenters. The average Bonchev–Trinajstić information content (AvgIpc) is 2.71. The van der Waals surface area contributed by atoms with Crippen LogP contribution in [-0.4, -0.2) is 15.0 Å². The van der Waals surface area contributed by atoms with Gasteiger partial charge in [0.1, 0.15) is 0 Å². The zero-order chi connectivity index (χ0) is 12.4. The van der Waals surface area contributed by atoms with Crippen molar-refractivity contribution in [2.24, 2.45) is 0 Å². The summed E-state index contributed by atoms with van der Waals surface area (Å²) in [6.45, 7) is 7.22. The molecule has 0 unspecified atom stereocenters. The summed E-state index contributed by atoms with van der Waals surface area (Å²) in [5.41, 5.74) is 6.24. The first-order chi connectivity index (χ1) is 8.10. The van der Waals surface area contributed by atoms with E-state index in [2.05, 4.69) is 59.1 Å². The zero-order valence-corrected chi connectivity index (χ0v) is 12.0. The van der Waals surface area contributed by atoms with Crippen molar-refractivity contribution < 1.29 is 0 Å². The molecule has 1 aromatic heterocycles. The Hall–Kier alpha value is -1.16. The molecule has 2 aromatic rings. The van der Waals surface area contributed by atoms with Crippen LogP contribution >= 0.6 is 15.9 Å². The maximum atomic E-state index is 4.12. The smallest absolute Gasteiger partial charge is 0.0932 e. The van der Waals surface area contributed by atoms with E-state index in [1.165, 1.54) is 22.3 Å². The Bertz CT molecular complexity index is 508. The number of aryl methyl sites for hydroxylation is 3. The van der Waals surface area contributed by atoms with Crippen LogP contribution in [0.2, 0.25) is 0 Å². The van der Waals surface area contributed by atoms with Crippen molar-refractivity contribution >= 4 is 15.9 Å². The first-order valence-corrected chi connectivity index (χ1v) is 6.74. The van der Waals surface area contributed by atoms with Crippen molar-refractivity contribution in [2.45, 2.75) is 32.6 Å². The second-order valence-electron chi connectivity index (χ2n) is 4.42. The summed E-state index contributed by atoms with van der Waals surface area (Å²) in [6.07, 6.45) is 1.98. The minimum Gasteiger partial charge on any atom is -0.248 e. The van der Waals surface area contributed by atoms with Crippen LogP contribution in [0.25, 0.3) is 0 Å². The third-order valence-electron chi connectivity index (χ3n) is 2.88. The fourth-order valence-corrected chi connectivity index (χ4v) is 2.36. The fourth-order valence-electron chi connectivity index (χ4n) is 2.10. The predicted octanol–water partition coefficient (Wildman–Crippen LogP) is 3.15. The van der Waals surface area contributed by atoms with Gasteiger partial charge in [0.25, 0.3) is 0 Å². The van der Waals surface area contributed by atoms with Gasteiger partial charge in [-0.05, 0) is 37.5 Å². The first-order valence-electron chi connectivity index (χ1n) is 5.62. The number of hydrogen-bond acceptors (Lipinski definition) is 2. The van der Waals surface area contributed by atoms with E-state index >= 15 is 0 Å². The van der Waals surface area contributed by atoms with Gasteiger partial charge in [0.15, 0.2) is 0 Å². The van der Waals surface area contributed by atoms with Gasteiger partial charge in [-0.25, -0.2) is 4.68 Å². The first kappa shape index (κ1) is 12.3. The molecule has 0 aliphatic rings. The summed E-state index contributed by atoms with van der Waals surface area (Å²) in [5, 5.41) is 8.95. The maximum absolute atomic E-state index is 4.12. The molecule has 0 N–H and O–H groups in total. The number of alkyl halides is 1. The van der Waals surface area contributed by atoms with Crippen LogP contribution < -0.4 is 0 Å². The van der Waals surface area contributed by atoms with E-state index in [0.717, 1.165) is 17.6 Å². The Balaban J connectivity index is 2.29. The van der Waals surface area contributed by atoms with Gasteiger partial charge in [-0.15, -0.1) is 5.10 Å². The Labute approximate surface area is 110 Å². The van der Waals surface area contributed by atoms with Crippen LogP contribution in [0.15, 0.2) is 18.3 Å². The van der Waals surface area contributed by atoms with E-state index in [1.807, 2.05) is 10.9 Å². The second kappa shape index (κ2) is 5.00. The molecule has 17 heavy (non-hydrogen) atoms. The van der Waals surface area contributed by atoms with Crippen LogP contribution in [-0.2, 0) is 11.9 Å². The molecule has 0 radical (unpaired) electrons. The van der Waals surface area contributed by atoms with Crippen LogP contribution in [0.1, 0.15) is 27.9 Å². The van der Waals surface area contributed by atoms with Crippen LogP contribution in [0.5, 0.6) is 0 Å². The third-order valence-corrected chi connectivity index (χ3v) is 3.46. The number of benzene rings is 1. The summed E-state index contributed by atoms with van der Waals surface area (Å²) in [4.78, 5) is 0. The molecular weight excluding hydrogens is 278 g/mol. The van der Waals surface area contributed by atoms with Crippen molar-refractivity contribution in [3.05, 3.63) is 46.3 Å². The lowest BCUT2D eigenvalue weighted by atomic mass is 10.00. The standard InChI is InChI=1S/C13H16BrN3/c1-9-4-10(2)13(11(3)5-9)8-17-7-12(6-14)15-16-17/h4-5,7H,6,8H2,1-3H3. The molecule has 0 saturated heterocycles. The van der Waals surface area contributed by atoms with Gasteiger partial charge in [0, 0.05) is 11.5 Å². The van der Waals surface area contributed by atoms with Gasteiger partial charge < -0.3 is 0 Å². The van der Waals surface area contributed by atoms with Crippen molar-refractivity contribution in [2.75, 3.05) is 0 Å². The SMILES string of the molecule is Cc1cc(C)c(Cn2cc(CBr)nn2)c(C)c1. The molecular formula is C13H16BrN3. The normalized spacial score (nSPS) is 10.8. The molecule has 1 heterocycles. The highest BCUT2D eigenvalue weighted by Crippen LogP contribution is 2.17. The van der Waals surface area contributed by atoms with E-state index in [9.17, 15) is 0 Å². The highest BCUT2D eigenvalue weighted by atomic mass is 79.9. The Kier molecular flexibility index (Phi) is 3.62. The molecule has 0 spiro atoms. The average molecular weight is 294 g/mol. The quantitative estimate of drug-likeness (QED) is 0.814. The van der Waals surface area contributed by atoms with E-state index in [1.54, 1.807) is 0 Å².